The van der Waals surface area contributed by atoms with Crippen LogP contribution in [0.3, 0.4) is 0 Å². The first-order chi connectivity index (χ1) is 7.18. The van der Waals surface area contributed by atoms with Crippen LogP contribution in [0.1, 0.15) is 25.3 Å². The zero-order valence-electron chi connectivity index (χ0n) is 8.83. The average molecular weight is 221 g/mol. The maximum Gasteiger partial charge on any atom is 0.0981 e. The van der Waals surface area contributed by atoms with Gasteiger partial charge in [0.1, 0.15) is 0 Å². The highest BCUT2D eigenvalue weighted by atomic mass is 35.5. The molecule has 0 amide bonds. The predicted molar refractivity (Wildman–Crippen MR) is 63.2 cm³/mol. The summed E-state index contributed by atoms with van der Waals surface area (Å²) in [6.45, 7) is 4.35. The molecule has 1 nitrogen and oxygen atoms in total. The van der Waals surface area contributed by atoms with Crippen molar-refractivity contribution < 1.29 is 4.42 Å². The number of hydrogen-bond donors (Lipinski definition) is 0. The van der Waals surface area contributed by atoms with Gasteiger partial charge in [-0.2, -0.15) is 0 Å². The molecule has 0 aliphatic rings. The zero-order chi connectivity index (χ0) is 10.8. The molecule has 0 saturated heterocycles. The number of rotatable bonds is 2. The SMILES string of the molecule is CC(C)c1ccc(Cl)cc1-c1ccoc1. The lowest BCUT2D eigenvalue weighted by atomic mass is 9.94. The lowest BCUT2D eigenvalue weighted by Gasteiger charge is -2.11. The van der Waals surface area contributed by atoms with Crippen LogP contribution in [0.15, 0.2) is 41.2 Å². The van der Waals surface area contributed by atoms with E-state index in [4.69, 9.17) is 16.0 Å². The summed E-state index contributed by atoms with van der Waals surface area (Å²) in [5, 5.41) is 0.760. The molecular formula is C13H13ClO. The Morgan fingerprint density at radius 2 is 2.00 bits per heavy atom. The highest BCUT2D eigenvalue weighted by molar-refractivity contribution is 6.30. The minimum absolute atomic E-state index is 0.479. The molecule has 0 N–H and O–H groups in total. The molecular weight excluding hydrogens is 208 g/mol. The molecule has 15 heavy (non-hydrogen) atoms. The van der Waals surface area contributed by atoms with Crippen LogP contribution in [-0.4, -0.2) is 0 Å². The third-order valence-corrected chi connectivity index (χ3v) is 2.70. The van der Waals surface area contributed by atoms with Crippen LogP contribution in [0.25, 0.3) is 11.1 Å². The van der Waals surface area contributed by atoms with Crippen LogP contribution in [0, 0.1) is 0 Å². The molecule has 0 fully saturated rings. The van der Waals surface area contributed by atoms with E-state index in [1.54, 1.807) is 12.5 Å². The van der Waals surface area contributed by atoms with Crippen molar-refractivity contribution >= 4 is 11.6 Å². The van der Waals surface area contributed by atoms with Gasteiger partial charge in [0.15, 0.2) is 0 Å². The predicted octanol–water partition coefficient (Wildman–Crippen LogP) is 4.72. The lowest BCUT2D eigenvalue weighted by Crippen LogP contribution is -1.91. The second kappa shape index (κ2) is 4.11. The standard InChI is InChI=1S/C13H13ClO/c1-9(2)12-4-3-11(14)7-13(12)10-5-6-15-8-10/h3-9H,1-2H3. The third-order valence-electron chi connectivity index (χ3n) is 2.47. The van der Waals surface area contributed by atoms with Crippen molar-refractivity contribution in [3.63, 3.8) is 0 Å². The second-order valence-electron chi connectivity index (χ2n) is 3.90. The quantitative estimate of drug-likeness (QED) is 0.714. The van der Waals surface area contributed by atoms with Crippen LogP contribution >= 0.6 is 11.6 Å². The summed E-state index contributed by atoms with van der Waals surface area (Å²) < 4.78 is 5.10. The van der Waals surface area contributed by atoms with Gasteiger partial charge in [-0.3, -0.25) is 0 Å². The first-order valence-electron chi connectivity index (χ1n) is 5.00. The van der Waals surface area contributed by atoms with Gasteiger partial charge in [-0.1, -0.05) is 31.5 Å². The Balaban J connectivity index is 2.58. The van der Waals surface area contributed by atoms with E-state index in [1.807, 2.05) is 18.2 Å². The van der Waals surface area contributed by atoms with E-state index >= 15 is 0 Å². The molecule has 0 bridgehead atoms. The van der Waals surface area contributed by atoms with Crippen molar-refractivity contribution in [3.05, 3.63) is 47.4 Å². The Hall–Kier alpha value is -1.21. The monoisotopic (exact) mass is 220 g/mol. The van der Waals surface area contributed by atoms with Gasteiger partial charge >= 0.3 is 0 Å². The number of halogens is 1. The Bertz CT molecular complexity index is 444. The van der Waals surface area contributed by atoms with Crippen molar-refractivity contribution in [2.45, 2.75) is 19.8 Å². The second-order valence-corrected chi connectivity index (χ2v) is 4.33. The summed E-state index contributed by atoms with van der Waals surface area (Å²) in [4.78, 5) is 0. The van der Waals surface area contributed by atoms with Gasteiger partial charge in [0, 0.05) is 10.6 Å². The summed E-state index contributed by atoms with van der Waals surface area (Å²) >= 11 is 6.01. The van der Waals surface area contributed by atoms with Crippen LogP contribution in [0.5, 0.6) is 0 Å². The minimum Gasteiger partial charge on any atom is -0.472 e. The molecule has 1 aromatic carbocycles. The van der Waals surface area contributed by atoms with E-state index in [9.17, 15) is 0 Å². The van der Waals surface area contributed by atoms with E-state index in [1.165, 1.54) is 5.56 Å². The largest absolute Gasteiger partial charge is 0.472 e. The number of furan rings is 1. The highest BCUT2D eigenvalue weighted by Crippen LogP contribution is 2.31. The molecule has 1 aromatic heterocycles. The first kappa shape index (κ1) is 10.3. The maximum atomic E-state index is 6.01. The fraction of sp³-hybridized carbons (Fsp3) is 0.231. The van der Waals surface area contributed by atoms with Gasteiger partial charge in [0.05, 0.1) is 12.5 Å². The number of benzene rings is 1. The van der Waals surface area contributed by atoms with Crippen molar-refractivity contribution in [2.75, 3.05) is 0 Å². The Kier molecular flexibility index (Phi) is 2.83. The summed E-state index contributed by atoms with van der Waals surface area (Å²) in [5.74, 6) is 0.479. The molecule has 0 aliphatic carbocycles. The summed E-state index contributed by atoms with van der Waals surface area (Å²) in [6, 6.07) is 7.95. The molecule has 0 unspecified atom stereocenters. The topological polar surface area (TPSA) is 13.1 Å². The molecule has 0 saturated carbocycles. The minimum atomic E-state index is 0.479. The van der Waals surface area contributed by atoms with Gasteiger partial charge < -0.3 is 4.42 Å². The molecule has 78 valence electrons. The van der Waals surface area contributed by atoms with Crippen LogP contribution < -0.4 is 0 Å². The normalized spacial score (nSPS) is 10.9. The van der Waals surface area contributed by atoms with E-state index in [2.05, 4.69) is 19.9 Å². The molecule has 0 aliphatic heterocycles. The van der Waals surface area contributed by atoms with Gasteiger partial charge in [-0.15, -0.1) is 0 Å². The van der Waals surface area contributed by atoms with Crippen molar-refractivity contribution in [1.29, 1.82) is 0 Å². The van der Waals surface area contributed by atoms with E-state index < -0.39 is 0 Å². The van der Waals surface area contributed by atoms with Crippen molar-refractivity contribution in [1.82, 2.24) is 0 Å². The molecule has 0 radical (unpaired) electrons. The summed E-state index contributed by atoms with van der Waals surface area (Å²) in [6.07, 6.45) is 3.43. The molecule has 0 atom stereocenters. The molecule has 0 spiro atoms. The van der Waals surface area contributed by atoms with Gasteiger partial charge in [-0.05, 0) is 35.2 Å². The number of hydrogen-bond acceptors (Lipinski definition) is 1. The molecule has 1 heterocycles. The smallest absolute Gasteiger partial charge is 0.0981 e. The first-order valence-corrected chi connectivity index (χ1v) is 5.38. The average Bonchev–Trinajstić information content (AvgIpc) is 2.69. The van der Waals surface area contributed by atoms with Gasteiger partial charge in [0.25, 0.3) is 0 Å². The Labute approximate surface area is 94.7 Å². The van der Waals surface area contributed by atoms with Gasteiger partial charge in [0.2, 0.25) is 0 Å². The van der Waals surface area contributed by atoms with Crippen LogP contribution in [0.4, 0.5) is 0 Å². The van der Waals surface area contributed by atoms with E-state index in [0.29, 0.717) is 5.92 Å². The van der Waals surface area contributed by atoms with Crippen LogP contribution in [0.2, 0.25) is 5.02 Å². The van der Waals surface area contributed by atoms with Crippen molar-refractivity contribution in [3.8, 4) is 11.1 Å². The molecule has 2 heteroatoms. The van der Waals surface area contributed by atoms with Gasteiger partial charge in [-0.25, -0.2) is 0 Å². The Morgan fingerprint density at radius 1 is 1.20 bits per heavy atom. The highest BCUT2D eigenvalue weighted by Gasteiger charge is 2.09. The summed E-state index contributed by atoms with van der Waals surface area (Å²) in [5.41, 5.74) is 3.54. The molecule has 2 aromatic rings. The third kappa shape index (κ3) is 2.07. The van der Waals surface area contributed by atoms with Crippen molar-refractivity contribution in [2.24, 2.45) is 0 Å². The molecule has 2 rings (SSSR count). The van der Waals surface area contributed by atoms with E-state index in [0.717, 1.165) is 16.1 Å². The Morgan fingerprint density at radius 3 is 2.60 bits per heavy atom. The van der Waals surface area contributed by atoms with Crippen LogP contribution in [-0.2, 0) is 0 Å². The fourth-order valence-electron chi connectivity index (χ4n) is 1.70. The lowest BCUT2D eigenvalue weighted by molar-refractivity contribution is 0.568. The maximum absolute atomic E-state index is 6.01. The fourth-order valence-corrected chi connectivity index (χ4v) is 1.87. The summed E-state index contributed by atoms with van der Waals surface area (Å²) in [7, 11) is 0. The zero-order valence-corrected chi connectivity index (χ0v) is 9.58. The van der Waals surface area contributed by atoms with E-state index in [-0.39, 0.29) is 0 Å².